The molecule has 1 aromatic heterocycles. The SMILES string of the molecule is O=C(Cc1csc(SCc2ccccc2F)n1)NCCC1=CCCCC1. The third-order valence-electron chi connectivity index (χ3n) is 4.33. The lowest BCUT2D eigenvalue weighted by atomic mass is 9.97. The molecule has 0 bridgehead atoms. The summed E-state index contributed by atoms with van der Waals surface area (Å²) in [4.78, 5) is 16.5. The van der Waals surface area contributed by atoms with E-state index in [0.29, 0.717) is 24.3 Å². The number of halogens is 1. The molecule has 3 nitrogen and oxygen atoms in total. The number of benzene rings is 1. The lowest BCUT2D eigenvalue weighted by Gasteiger charge is -2.12. The molecule has 0 radical (unpaired) electrons. The lowest BCUT2D eigenvalue weighted by molar-refractivity contribution is -0.120. The Morgan fingerprint density at radius 2 is 2.19 bits per heavy atom. The van der Waals surface area contributed by atoms with E-state index < -0.39 is 0 Å². The van der Waals surface area contributed by atoms with Crippen LogP contribution in [0, 0.1) is 5.82 Å². The van der Waals surface area contributed by atoms with E-state index in [2.05, 4.69) is 16.4 Å². The van der Waals surface area contributed by atoms with Crippen molar-refractivity contribution in [3.8, 4) is 0 Å². The van der Waals surface area contributed by atoms with Gasteiger partial charge in [0, 0.05) is 17.7 Å². The van der Waals surface area contributed by atoms with Crippen molar-refractivity contribution in [2.24, 2.45) is 0 Å². The highest BCUT2D eigenvalue weighted by Crippen LogP contribution is 2.27. The van der Waals surface area contributed by atoms with Gasteiger partial charge in [0.2, 0.25) is 5.91 Å². The molecule has 0 aliphatic heterocycles. The van der Waals surface area contributed by atoms with E-state index in [1.165, 1.54) is 60.4 Å². The number of carbonyl (C=O) groups excluding carboxylic acids is 1. The number of nitrogens with zero attached hydrogens (tertiary/aromatic N) is 1. The van der Waals surface area contributed by atoms with Gasteiger partial charge in [0.15, 0.2) is 0 Å². The zero-order valence-corrected chi connectivity index (χ0v) is 16.3. The van der Waals surface area contributed by atoms with Crippen LogP contribution in [0.25, 0.3) is 0 Å². The van der Waals surface area contributed by atoms with Gasteiger partial charge in [-0.15, -0.1) is 11.3 Å². The molecule has 2 aromatic rings. The summed E-state index contributed by atoms with van der Waals surface area (Å²) in [6.45, 7) is 0.698. The van der Waals surface area contributed by atoms with Crippen LogP contribution < -0.4 is 5.32 Å². The molecule has 0 saturated heterocycles. The summed E-state index contributed by atoms with van der Waals surface area (Å²) in [6.07, 6.45) is 8.47. The number of aromatic nitrogens is 1. The fourth-order valence-electron chi connectivity index (χ4n) is 2.91. The Morgan fingerprint density at radius 1 is 1.31 bits per heavy atom. The first-order valence-electron chi connectivity index (χ1n) is 8.96. The molecule has 138 valence electrons. The Balaban J connectivity index is 1.40. The third-order valence-corrected chi connectivity index (χ3v) is 6.45. The van der Waals surface area contributed by atoms with Crippen LogP contribution in [0.2, 0.25) is 0 Å². The van der Waals surface area contributed by atoms with E-state index in [1.807, 2.05) is 11.4 Å². The zero-order chi connectivity index (χ0) is 18.2. The van der Waals surface area contributed by atoms with Crippen molar-refractivity contribution in [3.05, 3.63) is 58.4 Å². The topological polar surface area (TPSA) is 42.0 Å². The number of hydrogen-bond acceptors (Lipinski definition) is 4. The van der Waals surface area contributed by atoms with Crippen molar-refractivity contribution >= 4 is 29.0 Å². The largest absolute Gasteiger partial charge is 0.355 e. The van der Waals surface area contributed by atoms with Crippen LogP contribution in [-0.4, -0.2) is 17.4 Å². The predicted octanol–water partition coefficient (Wildman–Crippen LogP) is 5.12. The zero-order valence-electron chi connectivity index (χ0n) is 14.7. The Hall–Kier alpha value is -1.66. The maximum Gasteiger partial charge on any atom is 0.226 e. The Morgan fingerprint density at radius 3 is 3.00 bits per heavy atom. The van der Waals surface area contributed by atoms with Crippen molar-refractivity contribution in [3.63, 3.8) is 0 Å². The predicted molar refractivity (Wildman–Crippen MR) is 106 cm³/mol. The summed E-state index contributed by atoms with van der Waals surface area (Å²) in [5, 5.41) is 4.89. The summed E-state index contributed by atoms with van der Waals surface area (Å²) in [5.41, 5.74) is 2.92. The van der Waals surface area contributed by atoms with E-state index in [1.54, 1.807) is 12.1 Å². The number of nitrogens with one attached hydrogen (secondary N) is 1. The molecular weight excluding hydrogens is 367 g/mol. The number of allylic oxidation sites excluding steroid dienone is 1. The minimum atomic E-state index is -0.191. The fourth-order valence-corrected chi connectivity index (χ4v) is 4.74. The normalized spacial score (nSPS) is 14.1. The van der Waals surface area contributed by atoms with Crippen LogP contribution in [0.3, 0.4) is 0 Å². The smallest absolute Gasteiger partial charge is 0.226 e. The van der Waals surface area contributed by atoms with Gasteiger partial charge in [-0.3, -0.25) is 4.79 Å². The number of amides is 1. The molecule has 1 aliphatic rings. The van der Waals surface area contributed by atoms with Crippen LogP contribution in [-0.2, 0) is 17.0 Å². The second kappa shape index (κ2) is 9.88. The van der Waals surface area contributed by atoms with Crippen LogP contribution in [0.15, 0.2) is 45.6 Å². The summed E-state index contributed by atoms with van der Waals surface area (Å²) in [5.74, 6) is 0.364. The summed E-state index contributed by atoms with van der Waals surface area (Å²) in [7, 11) is 0. The first-order valence-corrected chi connectivity index (χ1v) is 10.8. The number of hydrogen-bond donors (Lipinski definition) is 1. The quantitative estimate of drug-likeness (QED) is 0.502. The molecule has 1 aliphatic carbocycles. The van der Waals surface area contributed by atoms with Gasteiger partial charge in [-0.05, 0) is 43.7 Å². The molecule has 0 atom stereocenters. The van der Waals surface area contributed by atoms with Crippen molar-refractivity contribution in [1.29, 1.82) is 0 Å². The minimum absolute atomic E-state index is 0.0114. The summed E-state index contributed by atoms with van der Waals surface area (Å²) in [6, 6.07) is 6.78. The van der Waals surface area contributed by atoms with E-state index in [4.69, 9.17) is 0 Å². The summed E-state index contributed by atoms with van der Waals surface area (Å²) < 4.78 is 14.5. The number of thioether (sulfide) groups is 1. The maximum atomic E-state index is 13.6. The molecule has 1 heterocycles. The first kappa shape index (κ1) is 19.1. The Kier molecular flexibility index (Phi) is 7.26. The summed E-state index contributed by atoms with van der Waals surface area (Å²) >= 11 is 3.00. The third kappa shape index (κ3) is 5.95. The number of thiazole rings is 1. The average Bonchev–Trinajstić information content (AvgIpc) is 3.09. The van der Waals surface area contributed by atoms with Crippen LogP contribution >= 0.6 is 23.1 Å². The standard InChI is InChI=1S/C20H23FN2OS2/c21-18-9-5-4-8-16(18)13-25-20-23-17(14-26-20)12-19(24)22-11-10-15-6-2-1-3-7-15/h4-6,8-9,14H,1-3,7,10-13H2,(H,22,24). The highest BCUT2D eigenvalue weighted by Gasteiger charge is 2.10. The monoisotopic (exact) mass is 390 g/mol. The van der Waals surface area contributed by atoms with Crippen LogP contribution in [0.5, 0.6) is 0 Å². The number of rotatable bonds is 8. The van der Waals surface area contributed by atoms with Gasteiger partial charge in [-0.1, -0.05) is 41.6 Å². The molecule has 26 heavy (non-hydrogen) atoms. The minimum Gasteiger partial charge on any atom is -0.355 e. The Labute approximate surface area is 162 Å². The molecule has 0 unspecified atom stereocenters. The number of carbonyl (C=O) groups is 1. The van der Waals surface area contributed by atoms with Crippen LogP contribution in [0.1, 0.15) is 43.4 Å². The Bertz CT molecular complexity index is 773. The van der Waals surface area contributed by atoms with Gasteiger partial charge in [-0.25, -0.2) is 9.37 Å². The molecule has 1 aromatic carbocycles. The van der Waals surface area contributed by atoms with Gasteiger partial charge in [-0.2, -0.15) is 0 Å². The second-order valence-corrected chi connectivity index (χ2v) is 8.45. The second-order valence-electron chi connectivity index (χ2n) is 6.37. The fraction of sp³-hybridized carbons (Fsp3) is 0.400. The van der Waals surface area contributed by atoms with Crippen molar-refractivity contribution in [2.75, 3.05) is 6.54 Å². The average molecular weight is 391 g/mol. The molecule has 1 N–H and O–H groups in total. The van der Waals surface area contributed by atoms with Crippen molar-refractivity contribution < 1.29 is 9.18 Å². The van der Waals surface area contributed by atoms with E-state index >= 15 is 0 Å². The molecule has 1 amide bonds. The van der Waals surface area contributed by atoms with Crippen molar-refractivity contribution in [2.45, 2.75) is 48.6 Å². The molecule has 0 saturated carbocycles. The van der Waals surface area contributed by atoms with Gasteiger partial charge < -0.3 is 5.32 Å². The van der Waals surface area contributed by atoms with E-state index in [0.717, 1.165) is 16.5 Å². The molecule has 0 spiro atoms. The maximum absolute atomic E-state index is 13.6. The van der Waals surface area contributed by atoms with E-state index in [9.17, 15) is 9.18 Å². The van der Waals surface area contributed by atoms with Gasteiger partial charge >= 0.3 is 0 Å². The van der Waals surface area contributed by atoms with Crippen LogP contribution in [0.4, 0.5) is 4.39 Å². The molecular formula is C20H23FN2OS2. The van der Waals surface area contributed by atoms with E-state index in [-0.39, 0.29) is 11.7 Å². The molecule has 0 fully saturated rings. The highest BCUT2D eigenvalue weighted by atomic mass is 32.2. The lowest BCUT2D eigenvalue weighted by Crippen LogP contribution is -2.26. The molecule has 6 heteroatoms. The van der Waals surface area contributed by atoms with Gasteiger partial charge in [0.25, 0.3) is 0 Å². The first-order chi connectivity index (χ1) is 12.7. The van der Waals surface area contributed by atoms with Gasteiger partial charge in [0.05, 0.1) is 12.1 Å². The highest BCUT2D eigenvalue weighted by molar-refractivity contribution is 8.00. The molecule has 3 rings (SSSR count). The van der Waals surface area contributed by atoms with Crippen molar-refractivity contribution in [1.82, 2.24) is 10.3 Å². The van der Waals surface area contributed by atoms with Gasteiger partial charge in [0.1, 0.15) is 10.2 Å².